The van der Waals surface area contributed by atoms with Crippen molar-refractivity contribution in [2.24, 2.45) is 10.7 Å². The van der Waals surface area contributed by atoms with Crippen molar-refractivity contribution in [1.82, 2.24) is 0 Å². The number of benzene rings is 2. The van der Waals surface area contributed by atoms with Gasteiger partial charge in [0.25, 0.3) is 0 Å². The van der Waals surface area contributed by atoms with Gasteiger partial charge in [-0.2, -0.15) is 0 Å². The SMILES string of the molecule is Cc1cc(Br)ccc1N=C(N)Nc1ccc(Br)cc1C. The second-order valence-corrected chi connectivity index (χ2v) is 6.34. The molecule has 0 saturated carbocycles. The Balaban J connectivity index is 2.22. The minimum absolute atomic E-state index is 0.376. The Bertz CT molecular complexity index is 666. The molecule has 0 aliphatic heterocycles. The van der Waals surface area contributed by atoms with E-state index in [2.05, 4.69) is 42.2 Å². The van der Waals surface area contributed by atoms with Crippen molar-refractivity contribution in [3.05, 3.63) is 56.5 Å². The number of halogens is 2. The third-order valence-corrected chi connectivity index (χ3v) is 3.84. The van der Waals surface area contributed by atoms with Gasteiger partial charge in [0.2, 0.25) is 0 Å². The van der Waals surface area contributed by atoms with Crippen LogP contribution in [0.5, 0.6) is 0 Å². The third-order valence-electron chi connectivity index (χ3n) is 2.85. The van der Waals surface area contributed by atoms with Crippen LogP contribution < -0.4 is 11.1 Å². The second-order valence-electron chi connectivity index (χ2n) is 4.51. The lowest BCUT2D eigenvalue weighted by molar-refractivity contribution is 1.35. The van der Waals surface area contributed by atoms with Crippen molar-refractivity contribution in [2.45, 2.75) is 13.8 Å². The molecule has 0 spiro atoms. The highest BCUT2D eigenvalue weighted by atomic mass is 79.9. The van der Waals surface area contributed by atoms with Gasteiger partial charge in [-0.3, -0.25) is 0 Å². The zero-order valence-electron chi connectivity index (χ0n) is 11.2. The maximum Gasteiger partial charge on any atom is 0.198 e. The van der Waals surface area contributed by atoms with Crippen molar-refractivity contribution in [3.63, 3.8) is 0 Å². The van der Waals surface area contributed by atoms with E-state index in [1.165, 1.54) is 0 Å². The van der Waals surface area contributed by atoms with E-state index in [9.17, 15) is 0 Å². The number of hydrogen-bond acceptors (Lipinski definition) is 1. The second kappa shape index (κ2) is 6.41. The summed E-state index contributed by atoms with van der Waals surface area (Å²) in [7, 11) is 0. The standard InChI is InChI=1S/C15H15Br2N3/c1-9-7-11(16)3-5-13(9)19-15(18)20-14-6-4-12(17)8-10(14)2/h3-8H,1-2H3,(H3,18,19,20). The lowest BCUT2D eigenvalue weighted by atomic mass is 10.2. The highest BCUT2D eigenvalue weighted by Gasteiger charge is 2.02. The number of nitrogens with zero attached hydrogens (tertiary/aromatic N) is 1. The van der Waals surface area contributed by atoms with E-state index >= 15 is 0 Å². The van der Waals surface area contributed by atoms with Crippen molar-refractivity contribution >= 4 is 49.2 Å². The van der Waals surface area contributed by atoms with Crippen LogP contribution in [0.1, 0.15) is 11.1 Å². The summed E-state index contributed by atoms with van der Waals surface area (Å²) in [6.45, 7) is 4.02. The van der Waals surface area contributed by atoms with Crippen LogP contribution in [0.2, 0.25) is 0 Å². The van der Waals surface area contributed by atoms with Crippen molar-refractivity contribution in [1.29, 1.82) is 0 Å². The van der Waals surface area contributed by atoms with Gasteiger partial charge in [-0.15, -0.1) is 0 Å². The van der Waals surface area contributed by atoms with Gasteiger partial charge in [0.05, 0.1) is 5.69 Å². The Morgan fingerprint density at radius 3 is 2.20 bits per heavy atom. The first-order valence-corrected chi connectivity index (χ1v) is 7.68. The van der Waals surface area contributed by atoms with E-state index in [1.807, 2.05) is 50.2 Å². The van der Waals surface area contributed by atoms with Crippen LogP contribution >= 0.6 is 31.9 Å². The molecule has 0 aliphatic rings. The van der Waals surface area contributed by atoms with Crippen molar-refractivity contribution in [2.75, 3.05) is 5.32 Å². The summed E-state index contributed by atoms with van der Waals surface area (Å²) in [6.07, 6.45) is 0. The highest BCUT2D eigenvalue weighted by Crippen LogP contribution is 2.23. The summed E-state index contributed by atoms with van der Waals surface area (Å²) in [5.74, 6) is 0.376. The van der Waals surface area contributed by atoms with Crippen molar-refractivity contribution in [3.8, 4) is 0 Å². The number of hydrogen-bond donors (Lipinski definition) is 2. The molecule has 104 valence electrons. The number of rotatable bonds is 2. The molecule has 0 fully saturated rings. The molecule has 0 unspecified atom stereocenters. The fourth-order valence-electron chi connectivity index (χ4n) is 1.81. The Kier molecular flexibility index (Phi) is 4.83. The lowest BCUT2D eigenvalue weighted by Gasteiger charge is -2.10. The average Bonchev–Trinajstić information content (AvgIpc) is 2.36. The first-order valence-electron chi connectivity index (χ1n) is 6.09. The van der Waals surface area contributed by atoms with Crippen LogP contribution in [0.3, 0.4) is 0 Å². The summed E-state index contributed by atoms with van der Waals surface area (Å²) in [6, 6.07) is 11.9. The molecule has 0 bridgehead atoms. The summed E-state index contributed by atoms with van der Waals surface area (Å²) in [4.78, 5) is 4.41. The lowest BCUT2D eigenvalue weighted by Crippen LogP contribution is -2.22. The van der Waals surface area contributed by atoms with E-state index in [0.29, 0.717) is 5.96 Å². The molecule has 0 amide bonds. The molecular weight excluding hydrogens is 382 g/mol. The van der Waals surface area contributed by atoms with Gasteiger partial charge >= 0.3 is 0 Å². The molecule has 0 radical (unpaired) electrons. The predicted octanol–water partition coefficient (Wildman–Crippen LogP) is 4.89. The van der Waals surface area contributed by atoms with Gasteiger partial charge in [0.1, 0.15) is 0 Å². The van der Waals surface area contributed by atoms with Crippen LogP contribution in [-0.4, -0.2) is 5.96 Å². The van der Waals surface area contributed by atoms with Gasteiger partial charge in [-0.1, -0.05) is 31.9 Å². The average molecular weight is 397 g/mol. The van der Waals surface area contributed by atoms with E-state index in [1.54, 1.807) is 0 Å². The fraction of sp³-hybridized carbons (Fsp3) is 0.133. The van der Waals surface area contributed by atoms with Gasteiger partial charge in [0, 0.05) is 14.6 Å². The van der Waals surface area contributed by atoms with Gasteiger partial charge in [-0.25, -0.2) is 4.99 Å². The monoisotopic (exact) mass is 395 g/mol. The van der Waals surface area contributed by atoms with Crippen LogP contribution in [0, 0.1) is 13.8 Å². The number of nitrogens with two attached hydrogens (primary N) is 1. The minimum Gasteiger partial charge on any atom is -0.369 e. The van der Waals surface area contributed by atoms with E-state index < -0.39 is 0 Å². The topological polar surface area (TPSA) is 50.4 Å². The highest BCUT2D eigenvalue weighted by molar-refractivity contribution is 9.10. The molecule has 0 aliphatic carbocycles. The number of guanidine groups is 1. The molecule has 3 nitrogen and oxygen atoms in total. The maximum atomic E-state index is 5.97. The number of nitrogens with one attached hydrogen (secondary N) is 1. The zero-order chi connectivity index (χ0) is 14.7. The van der Waals surface area contributed by atoms with Crippen LogP contribution in [-0.2, 0) is 0 Å². The Morgan fingerprint density at radius 1 is 1.00 bits per heavy atom. The number of aliphatic imine (C=N–C) groups is 1. The Morgan fingerprint density at radius 2 is 1.60 bits per heavy atom. The molecular formula is C15H15Br2N3. The van der Waals surface area contributed by atoms with Gasteiger partial charge in [0.15, 0.2) is 5.96 Å². The molecule has 2 aromatic carbocycles. The smallest absolute Gasteiger partial charge is 0.198 e. The van der Waals surface area contributed by atoms with E-state index in [-0.39, 0.29) is 0 Å². The molecule has 2 rings (SSSR count). The zero-order valence-corrected chi connectivity index (χ0v) is 14.4. The summed E-state index contributed by atoms with van der Waals surface area (Å²) in [5, 5.41) is 3.12. The largest absolute Gasteiger partial charge is 0.369 e. The Hall–Kier alpha value is -1.33. The van der Waals surface area contributed by atoms with Gasteiger partial charge in [-0.05, 0) is 61.4 Å². The Labute approximate surface area is 135 Å². The maximum absolute atomic E-state index is 5.97. The summed E-state index contributed by atoms with van der Waals surface area (Å²) >= 11 is 6.87. The normalized spacial score (nSPS) is 11.5. The first-order chi connectivity index (χ1) is 9.45. The fourth-order valence-corrected chi connectivity index (χ4v) is 2.76. The molecule has 20 heavy (non-hydrogen) atoms. The first kappa shape index (κ1) is 15.1. The predicted molar refractivity (Wildman–Crippen MR) is 92.7 cm³/mol. The molecule has 2 aromatic rings. The molecule has 5 heteroatoms. The third kappa shape index (κ3) is 3.84. The molecule has 0 aromatic heterocycles. The minimum atomic E-state index is 0.376. The summed E-state index contributed by atoms with van der Waals surface area (Å²) < 4.78 is 2.07. The summed E-state index contributed by atoms with van der Waals surface area (Å²) in [5.41, 5.74) is 9.94. The van der Waals surface area contributed by atoms with Crippen LogP contribution in [0.25, 0.3) is 0 Å². The molecule has 0 saturated heterocycles. The molecule has 0 atom stereocenters. The molecule has 0 heterocycles. The van der Waals surface area contributed by atoms with E-state index in [0.717, 1.165) is 31.4 Å². The van der Waals surface area contributed by atoms with E-state index in [4.69, 9.17) is 5.73 Å². The van der Waals surface area contributed by atoms with Crippen LogP contribution in [0.4, 0.5) is 11.4 Å². The number of anilines is 1. The number of aryl methyl sites for hydroxylation is 2. The van der Waals surface area contributed by atoms with Crippen molar-refractivity contribution < 1.29 is 0 Å². The van der Waals surface area contributed by atoms with Crippen LogP contribution in [0.15, 0.2) is 50.3 Å². The van der Waals surface area contributed by atoms with Gasteiger partial charge < -0.3 is 11.1 Å². The molecule has 3 N–H and O–H groups in total. The quantitative estimate of drug-likeness (QED) is 0.560.